The lowest BCUT2D eigenvalue weighted by molar-refractivity contribution is 0.338. The van der Waals surface area contributed by atoms with Crippen LogP contribution in [0.3, 0.4) is 0 Å². The van der Waals surface area contributed by atoms with Crippen LogP contribution in [-0.4, -0.2) is 45.2 Å². The number of sulfone groups is 1. The number of benzene rings is 1. The average molecular weight is 335 g/mol. The molecule has 5 nitrogen and oxygen atoms in total. The van der Waals surface area contributed by atoms with Gasteiger partial charge in [0, 0.05) is 12.6 Å². The number of hydrogen-bond donors (Lipinski definition) is 0. The third-order valence-electron chi connectivity index (χ3n) is 3.48. The summed E-state index contributed by atoms with van der Waals surface area (Å²) >= 11 is 0. The number of nitrogens with zero attached hydrogens (tertiary/aromatic N) is 1. The van der Waals surface area contributed by atoms with Gasteiger partial charge in [0.05, 0.1) is 11.5 Å². The Balaban J connectivity index is 2.40. The zero-order valence-electron chi connectivity index (χ0n) is 11.7. The largest absolute Gasteiger partial charge is 0.246 e. The van der Waals surface area contributed by atoms with Crippen LogP contribution in [0.15, 0.2) is 29.2 Å². The zero-order valence-corrected chi connectivity index (χ0v) is 13.3. The van der Waals surface area contributed by atoms with Gasteiger partial charge in [0.2, 0.25) is 10.0 Å². The van der Waals surface area contributed by atoms with Crippen molar-refractivity contribution in [2.45, 2.75) is 30.7 Å². The highest BCUT2D eigenvalue weighted by molar-refractivity contribution is 7.92. The Kier molecular flexibility index (Phi) is 4.69. The Labute approximate surface area is 124 Å². The van der Waals surface area contributed by atoms with Crippen molar-refractivity contribution < 1.29 is 21.2 Å². The van der Waals surface area contributed by atoms with Crippen molar-refractivity contribution in [2.75, 3.05) is 18.1 Å². The summed E-state index contributed by atoms with van der Waals surface area (Å²) in [6, 6.07) is 4.54. The van der Waals surface area contributed by atoms with Crippen molar-refractivity contribution in [1.29, 1.82) is 0 Å². The third kappa shape index (κ3) is 3.44. The Morgan fingerprint density at radius 2 is 2.00 bits per heavy atom. The van der Waals surface area contributed by atoms with E-state index in [1.807, 2.05) is 0 Å². The highest BCUT2D eigenvalue weighted by atomic mass is 32.2. The Hall–Kier alpha value is -0.990. The molecule has 1 aliphatic rings. The summed E-state index contributed by atoms with van der Waals surface area (Å²) in [7, 11) is -7.24. The van der Waals surface area contributed by atoms with Crippen molar-refractivity contribution in [1.82, 2.24) is 4.31 Å². The molecule has 118 valence electrons. The van der Waals surface area contributed by atoms with E-state index < -0.39 is 36.6 Å². The summed E-state index contributed by atoms with van der Waals surface area (Å²) in [6.45, 7) is 1.98. The first-order valence-electron chi connectivity index (χ1n) is 6.75. The predicted molar refractivity (Wildman–Crippen MR) is 77.6 cm³/mol. The van der Waals surface area contributed by atoms with Crippen molar-refractivity contribution in [3.8, 4) is 0 Å². The SMILES string of the molecule is CCCN([C@@H]1CCS(=O)(=O)C1)S(=O)(=O)c1ccccc1F. The van der Waals surface area contributed by atoms with E-state index in [2.05, 4.69) is 0 Å². The van der Waals surface area contributed by atoms with Crippen LogP contribution < -0.4 is 0 Å². The molecule has 0 amide bonds. The van der Waals surface area contributed by atoms with Gasteiger partial charge in [0.15, 0.2) is 9.84 Å². The van der Waals surface area contributed by atoms with Crippen LogP contribution in [0.2, 0.25) is 0 Å². The summed E-state index contributed by atoms with van der Waals surface area (Å²) in [6.07, 6.45) is 0.792. The Morgan fingerprint density at radius 3 is 2.52 bits per heavy atom. The average Bonchev–Trinajstić information content (AvgIpc) is 2.76. The molecule has 0 aliphatic carbocycles. The minimum atomic E-state index is -4.03. The summed E-state index contributed by atoms with van der Waals surface area (Å²) < 4.78 is 63.4. The molecule has 0 bridgehead atoms. The zero-order chi connectivity index (χ0) is 15.7. The summed E-state index contributed by atoms with van der Waals surface area (Å²) in [5.41, 5.74) is 0. The van der Waals surface area contributed by atoms with Crippen LogP contribution in [0, 0.1) is 5.82 Å². The van der Waals surface area contributed by atoms with E-state index in [9.17, 15) is 21.2 Å². The van der Waals surface area contributed by atoms with Gasteiger partial charge in [-0.2, -0.15) is 4.31 Å². The van der Waals surface area contributed by atoms with E-state index in [1.165, 1.54) is 18.2 Å². The van der Waals surface area contributed by atoms with Crippen molar-refractivity contribution in [2.24, 2.45) is 0 Å². The molecule has 1 aromatic rings. The van der Waals surface area contributed by atoms with Crippen LogP contribution in [0.4, 0.5) is 4.39 Å². The van der Waals surface area contributed by atoms with Crippen LogP contribution >= 0.6 is 0 Å². The summed E-state index contributed by atoms with van der Waals surface area (Å²) in [5.74, 6) is -1.04. The highest BCUT2D eigenvalue weighted by Crippen LogP contribution is 2.26. The molecular formula is C13H18FNO4S2. The predicted octanol–water partition coefficient (Wildman–Crippen LogP) is 1.41. The Morgan fingerprint density at radius 1 is 1.33 bits per heavy atom. The first-order chi connectivity index (χ1) is 9.78. The molecule has 0 aromatic heterocycles. The van der Waals surface area contributed by atoms with Crippen LogP contribution in [-0.2, 0) is 19.9 Å². The fourth-order valence-corrected chi connectivity index (χ4v) is 6.14. The molecule has 1 fully saturated rings. The normalized spacial score (nSPS) is 21.8. The van der Waals surface area contributed by atoms with E-state index in [4.69, 9.17) is 0 Å². The molecule has 0 unspecified atom stereocenters. The van der Waals surface area contributed by atoms with E-state index in [0.717, 1.165) is 10.4 Å². The lowest BCUT2D eigenvalue weighted by Gasteiger charge is -2.27. The summed E-state index contributed by atoms with van der Waals surface area (Å²) in [4.78, 5) is -0.400. The standard InChI is InChI=1S/C13H18FNO4S2/c1-2-8-15(11-7-9-20(16,17)10-11)21(18,19)13-6-4-3-5-12(13)14/h3-6,11H,2,7-10H2,1H3/t11-/m1/s1. The molecule has 21 heavy (non-hydrogen) atoms. The molecule has 1 aliphatic heterocycles. The summed E-state index contributed by atoms with van der Waals surface area (Å²) in [5, 5.41) is 0. The first-order valence-corrected chi connectivity index (χ1v) is 10.0. The molecule has 1 aromatic carbocycles. The van der Waals surface area contributed by atoms with Gasteiger partial charge in [0.25, 0.3) is 0 Å². The van der Waals surface area contributed by atoms with Crippen LogP contribution in [0.25, 0.3) is 0 Å². The molecule has 1 heterocycles. The van der Waals surface area contributed by atoms with E-state index in [-0.39, 0.29) is 24.5 Å². The van der Waals surface area contributed by atoms with E-state index in [0.29, 0.717) is 6.42 Å². The number of halogens is 1. The monoisotopic (exact) mass is 335 g/mol. The molecule has 1 saturated heterocycles. The fraction of sp³-hybridized carbons (Fsp3) is 0.538. The van der Waals surface area contributed by atoms with Gasteiger partial charge in [-0.1, -0.05) is 19.1 Å². The molecule has 0 N–H and O–H groups in total. The number of hydrogen-bond acceptors (Lipinski definition) is 4. The van der Waals surface area contributed by atoms with E-state index >= 15 is 0 Å². The maximum atomic E-state index is 13.8. The maximum absolute atomic E-state index is 13.8. The van der Waals surface area contributed by atoms with Gasteiger partial charge in [-0.25, -0.2) is 21.2 Å². The number of sulfonamides is 1. The molecular weight excluding hydrogens is 317 g/mol. The van der Waals surface area contributed by atoms with Gasteiger partial charge in [-0.3, -0.25) is 0 Å². The van der Waals surface area contributed by atoms with Crippen molar-refractivity contribution in [3.63, 3.8) is 0 Å². The van der Waals surface area contributed by atoms with Gasteiger partial charge >= 0.3 is 0 Å². The van der Waals surface area contributed by atoms with Gasteiger partial charge in [-0.15, -0.1) is 0 Å². The lowest BCUT2D eigenvalue weighted by atomic mass is 10.2. The minimum Gasteiger partial charge on any atom is -0.229 e. The second kappa shape index (κ2) is 6.02. The van der Waals surface area contributed by atoms with Crippen molar-refractivity contribution in [3.05, 3.63) is 30.1 Å². The molecule has 1 atom stereocenters. The van der Waals surface area contributed by atoms with Crippen LogP contribution in [0.5, 0.6) is 0 Å². The second-order valence-corrected chi connectivity index (χ2v) is 9.19. The topological polar surface area (TPSA) is 71.5 Å². The third-order valence-corrected chi connectivity index (χ3v) is 7.22. The maximum Gasteiger partial charge on any atom is 0.246 e. The van der Waals surface area contributed by atoms with Crippen molar-refractivity contribution >= 4 is 19.9 Å². The fourth-order valence-electron chi connectivity index (χ4n) is 2.50. The number of rotatable bonds is 5. The quantitative estimate of drug-likeness (QED) is 0.816. The molecule has 0 spiro atoms. The highest BCUT2D eigenvalue weighted by Gasteiger charge is 2.39. The van der Waals surface area contributed by atoms with Gasteiger partial charge in [0.1, 0.15) is 10.7 Å². The second-order valence-electron chi connectivity index (χ2n) is 5.10. The molecule has 2 rings (SSSR count). The van der Waals surface area contributed by atoms with Gasteiger partial charge in [-0.05, 0) is 25.0 Å². The molecule has 0 radical (unpaired) electrons. The molecule has 0 saturated carbocycles. The minimum absolute atomic E-state index is 0.0231. The molecule has 8 heteroatoms. The first kappa shape index (κ1) is 16.4. The van der Waals surface area contributed by atoms with Gasteiger partial charge < -0.3 is 0 Å². The lowest BCUT2D eigenvalue weighted by Crippen LogP contribution is -2.41. The Bertz CT molecular complexity index is 715. The van der Waals surface area contributed by atoms with E-state index in [1.54, 1.807) is 6.92 Å². The van der Waals surface area contributed by atoms with Crippen LogP contribution in [0.1, 0.15) is 19.8 Å². The smallest absolute Gasteiger partial charge is 0.229 e.